The molecule has 0 atom stereocenters. The number of nitrogens with one attached hydrogen (secondary N) is 1. The fourth-order valence-corrected chi connectivity index (χ4v) is 2.49. The van der Waals surface area contributed by atoms with E-state index in [9.17, 15) is 0 Å². The molecule has 3 rings (SSSR count). The van der Waals surface area contributed by atoms with Gasteiger partial charge in [0.25, 0.3) is 0 Å². The summed E-state index contributed by atoms with van der Waals surface area (Å²) in [6.07, 6.45) is 2.52. The van der Waals surface area contributed by atoms with E-state index in [2.05, 4.69) is 38.9 Å². The van der Waals surface area contributed by atoms with Crippen LogP contribution in [0.4, 0.5) is 0 Å². The SMILES string of the molecule is C=C(N/N=C1/CCOc2cccnc21)N1CCN(C)CC1. The van der Waals surface area contributed by atoms with Crippen molar-refractivity contribution in [1.82, 2.24) is 20.2 Å². The van der Waals surface area contributed by atoms with E-state index in [-0.39, 0.29) is 0 Å². The monoisotopic (exact) mass is 287 g/mol. The lowest BCUT2D eigenvalue weighted by Crippen LogP contribution is -2.45. The van der Waals surface area contributed by atoms with Crippen LogP contribution in [-0.2, 0) is 0 Å². The fraction of sp³-hybridized carbons (Fsp3) is 0.467. The maximum Gasteiger partial charge on any atom is 0.146 e. The highest BCUT2D eigenvalue weighted by Gasteiger charge is 2.19. The molecule has 21 heavy (non-hydrogen) atoms. The van der Waals surface area contributed by atoms with Gasteiger partial charge in [0.15, 0.2) is 0 Å². The first-order chi connectivity index (χ1) is 10.2. The molecule has 1 N–H and O–H groups in total. The van der Waals surface area contributed by atoms with Crippen molar-refractivity contribution in [2.24, 2.45) is 5.10 Å². The number of likely N-dealkylation sites (N-methyl/N-ethyl adjacent to an activating group) is 1. The number of fused-ring (bicyclic) bond motifs is 1. The Morgan fingerprint density at radius 3 is 3.00 bits per heavy atom. The van der Waals surface area contributed by atoms with Crippen molar-refractivity contribution in [3.05, 3.63) is 36.4 Å². The summed E-state index contributed by atoms with van der Waals surface area (Å²) in [4.78, 5) is 8.89. The molecule has 1 fully saturated rings. The van der Waals surface area contributed by atoms with Crippen molar-refractivity contribution >= 4 is 5.71 Å². The van der Waals surface area contributed by atoms with Crippen molar-refractivity contribution in [3.8, 4) is 5.75 Å². The second-order valence-corrected chi connectivity index (χ2v) is 5.36. The molecule has 0 aliphatic carbocycles. The van der Waals surface area contributed by atoms with Crippen LogP contribution in [0.25, 0.3) is 0 Å². The molecule has 3 heterocycles. The molecule has 0 unspecified atom stereocenters. The van der Waals surface area contributed by atoms with Gasteiger partial charge in [-0.2, -0.15) is 5.10 Å². The third-order valence-electron chi connectivity index (χ3n) is 3.85. The van der Waals surface area contributed by atoms with Gasteiger partial charge in [0, 0.05) is 38.8 Å². The molecule has 0 aromatic carbocycles. The molecule has 0 bridgehead atoms. The lowest BCUT2D eigenvalue weighted by molar-refractivity contribution is 0.179. The molecule has 112 valence electrons. The van der Waals surface area contributed by atoms with E-state index in [0.717, 1.165) is 55.6 Å². The van der Waals surface area contributed by atoms with Gasteiger partial charge >= 0.3 is 0 Å². The molecule has 1 saturated heterocycles. The van der Waals surface area contributed by atoms with Crippen LogP contribution in [0.15, 0.2) is 35.8 Å². The first-order valence-corrected chi connectivity index (χ1v) is 7.27. The van der Waals surface area contributed by atoms with Crippen molar-refractivity contribution in [1.29, 1.82) is 0 Å². The second kappa shape index (κ2) is 6.13. The summed E-state index contributed by atoms with van der Waals surface area (Å²) >= 11 is 0. The van der Waals surface area contributed by atoms with E-state index >= 15 is 0 Å². The Balaban J connectivity index is 1.65. The van der Waals surface area contributed by atoms with Gasteiger partial charge in [-0.25, -0.2) is 0 Å². The van der Waals surface area contributed by atoms with Crippen LogP contribution in [-0.4, -0.2) is 60.3 Å². The Labute approximate surface area is 125 Å². The van der Waals surface area contributed by atoms with Gasteiger partial charge in [-0.3, -0.25) is 10.4 Å². The van der Waals surface area contributed by atoms with Crippen LogP contribution in [0.1, 0.15) is 12.1 Å². The molecule has 2 aliphatic heterocycles. The average molecular weight is 287 g/mol. The summed E-state index contributed by atoms with van der Waals surface area (Å²) in [6, 6.07) is 3.80. The molecule has 6 nitrogen and oxygen atoms in total. The highest BCUT2D eigenvalue weighted by molar-refractivity contribution is 6.01. The van der Waals surface area contributed by atoms with E-state index in [0.29, 0.717) is 6.61 Å². The molecule has 6 heteroatoms. The van der Waals surface area contributed by atoms with Gasteiger partial charge in [0.05, 0.1) is 12.3 Å². The van der Waals surface area contributed by atoms with Crippen LogP contribution in [0.2, 0.25) is 0 Å². The Morgan fingerprint density at radius 1 is 1.38 bits per heavy atom. The number of hydrogen-bond acceptors (Lipinski definition) is 6. The number of pyridine rings is 1. The quantitative estimate of drug-likeness (QED) is 0.836. The minimum atomic E-state index is 0.639. The number of rotatable bonds is 3. The number of ether oxygens (including phenoxy) is 1. The number of hydrazone groups is 1. The van der Waals surface area contributed by atoms with Gasteiger partial charge in [0.1, 0.15) is 17.3 Å². The number of nitrogens with zero attached hydrogens (tertiary/aromatic N) is 4. The van der Waals surface area contributed by atoms with Crippen molar-refractivity contribution in [3.63, 3.8) is 0 Å². The zero-order chi connectivity index (χ0) is 14.7. The van der Waals surface area contributed by atoms with Gasteiger partial charge in [-0.15, -0.1) is 0 Å². The normalized spacial score (nSPS) is 20.8. The smallest absolute Gasteiger partial charge is 0.146 e. The third kappa shape index (κ3) is 3.16. The molecule has 0 spiro atoms. The van der Waals surface area contributed by atoms with Gasteiger partial charge < -0.3 is 14.5 Å². The molecular weight excluding hydrogens is 266 g/mol. The topological polar surface area (TPSA) is 53.0 Å². The zero-order valence-electron chi connectivity index (χ0n) is 12.4. The molecule has 1 aromatic rings. The van der Waals surface area contributed by atoms with E-state index in [1.165, 1.54) is 0 Å². The predicted octanol–water partition coefficient (Wildman–Crippen LogP) is 0.876. The summed E-state index contributed by atoms with van der Waals surface area (Å²) in [5, 5.41) is 4.49. The van der Waals surface area contributed by atoms with Gasteiger partial charge in [-0.05, 0) is 19.2 Å². The summed E-state index contributed by atoms with van der Waals surface area (Å²) in [5.41, 5.74) is 4.83. The van der Waals surface area contributed by atoms with E-state index in [4.69, 9.17) is 4.74 Å². The number of hydrogen-bond donors (Lipinski definition) is 1. The van der Waals surface area contributed by atoms with Crippen LogP contribution < -0.4 is 10.2 Å². The van der Waals surface area contributed by atoms with Crippen LogP contribution in [0.3, 0.4) is 0 Å². The first-order valence-electron chi connectivity index (χ1n) is 7.27. The standard InChI is InChI=1S/C15H21N5O/c1-12(20-9-7-19(2)8-10-20)17-18-13-5-11-21-14-4-3-6-16-15(13)14/h3-4,6,17H,1,5,7-11H2,2H3/b18-13-. The van der Waals surface area contributed by atoms with Crippen molar-refractivity contribution in [2.45, 2.75) is 6.42 Å². The molecular formula is C15H21N5O. The third-order valence-corrected chi connectivity index (χ3v) is 3.85. The largest absolute Gasteiger partial charge is 0.491 e. The summed E-state index contributed by atoms with van der Waals surface area (Å²) in [5.74, 6) is 1.65. The summed E-state index contributed by atoms with van der Waals surface area (Å²) in [7, 11) is 2.14. The van der Waals surface area contributed by atoms with Crippen LogP contribution in [0.5, 0.6) is 5.75 Å². The highest BCUT2D eigenvalue weighted by atomic mass is 16.5. The van der Waals surface area contributed by atoms with Gasteiger partial charge in [-0.1, -0.05) is 6.58 Å². The number of aromatic nitrogens is 1. The number of piperazine rings is 1. The molecule has 0 radical (unpaired) electrons. The highest BCUT2D eigenvalue weighted by Crippen LogP contribution is 2.22. The van der Waals surface area contributed by atoms with E-state index < -0.39 is 0 Å². The Morgan fingerprint density at radius 2 is 2.19 bits per heavy atom. The minimum Gasteiger partial charge on any atom is -0.491 e. The predicted molar refractivity (Wildman–Crippen MR) is 82.2 cm³/mol. The Kier molecular flexibility index (Phi) is 4.06. The Hall–Kier alpha value is -2.08. The van der Waals surface area contributed by atoms with Crippen molar-refractivity contribution < 1.29 is 4.74 Å². The molecule has 0 amide bonds. The maximum atomic E-state index is 5.58. The van der Waals surface area contributed by atoms with E-state index in [1.54, 1.807) is 6.20 Å². The zero-order valence-corrected chi connectivity index (χ0v) is 12.4. The van der Waals surface area contributed by atoms with Gasteiger partial charge in [0.2, 0.25) is 0 Å². The second-order valence-electron chi connectivity index (χ2n) is 5.36. The summed E-state index contributed by atoms with van der Waals surface area (Å²) in [6.45, 7) is 8.78. The Bertz CT molecular complexity index is 549. The van der Waals surface area contributed by atoms with Crippen molar-refractivity contribution in [2.75, 3.05) is 39.8 Å². The van der Waals surface area contributed by atoms with Crippen LogP contribution in [0, 0.1) is 0 Å². The summed E-state index contributed by atoms with van der Waals surface area (Å²) < 4.78 is 5.58. The fourth-order valence-electron chi connectivity index (χ4n) is 2.49. The first kappa shape index (κ1) is 13.9. The molecule has 0 saturated carbocycles. The molecule has 1 aromatic heterocycles. The minimum absolute atomic E-state index is 0.639. The lowest BCUT2D eigenvalue weighted by Gasteiger charge is -2.34. The van der Waals surface area contributed by atoms with E-state index in [1.807, 2.05) is 12.1 Å². The lowest BCUT2D eigenvalue weighted by atomic mass is 10.1. The maximum absolute atomic E-state index is 5.58. The van der Waals surface area contributed by atoms with Crippen LogP contribution >= 0.6 is 0 Å². The average Bonchev–Trinajstić information content (AvgIpc) is 2.53. The molecule has 2 aliphatic rings.